The number of pyridine rings is 1. The molecule has 5 heteroatoms. The number of ether oxygens (including phenoxy) is 1. The number of hydrogen-bond acceptors (Lipinski definition) is 3. The molecule has 0 N–H and O–H groups in total. The topological polar surface area (TPSA) is 37.7 Å². The van der Waals surface area contributed by atoms with Crippen LogP contribution in [0.3, 0.4) is 0 Å². The zero-order valence-corrected chi connectivity index (χ0v) is 17.0. The first-order valence-corrected chi connectivity index (χ1v) is 9.41. The van der Waals surface area contributed by atoms with E-state index in [1.165, 1.54) is 5.56 Å². The Hall–Kier alpha value is -1.88. The Balaban J connectivity index is 1.99. The monoisotopic (exact) mass is 403 g/mol. The Morgan fingerprint density at radius 3 is 2.72 bits per heavy atom. The van der Waals surface area contributed by atoms with E-state index in [0.29, 0.717) is 5.88 Å². The Morgan fingerprint density at radius 2 is 2.04 bits per heavy atom. The van der Waals surface area contributed by atoms with Crippen molar-refractivity contribution in [1.29, 1.82) is 0 Å². The average Bonchev–Trinajstić information content (AvgIpc) is 2.62. The first-order valence-electron chi connectivity index (χ1n) is 8.61. The summed E-state index contributed by atoms with van der Waals surface area (Å²) in [5.74, 6) is 0.626. The molecule has 25 heavy (non-hydrogen) atoms. The quantitative estimate of drug-likeness (QED) is 0.450. The molecule has 1 aromatic heterocycles. The number of benzene rings is 1. The number of rotatable bonds is 8. The summed E-state index contributed by atoms with van der Waals surface area (Å²) in [5, 5.41) is 0. The van der Waals surface area contributed by atoms with Crippen molar-refractivity contribution >= 4 is 28.0 Å². The van der Waals surface area contributed by atoms with Crippen LogP contribution < -0.4 is 4.74 Å². The lowest BCUT2D eigenvalue weighted by Gasteiger charge is -2.16. The summed E-state index contributed by atoms with van der Waals surface area (Å²) >= 11 is 3.55. The molecule has 0 saturated carbocycles. The molecule has 0 amide bonds. The van der Waals surface area contributed by atoms with Crippen LogP contribution in [0.25, 0.3) is 0 Å². The molecular formula is C20H26BrN3O. The van der Waals surface area contributed by atoms with Crippen molar-refractivity contribution in [3.63, 3.8) is 0 Å². The Labute approximate surface area is 159 Å². The predicted molar refractivity (Wildman–Crippen MR) is 108 cm³/mol. The van der Waals surface area contributed by atoms with E-state index in [1.807, 2.05) is 37.3 Å². The minimum Gasteiger partial charge on any atom is -0.474 e. The number of aryl methyl sites for hydroxylation is 2. The van der Waals surface area contributed by atoms with Crippen LogP contribution in [-0.4, -0.2) is 35.9 Å². The molecule has 0 bridgehead atoms. The molecule has 1 unspecified atom stereocenters. The summed E-state index contributed by atoms with van der Waals surface area (Å²) in [6.45, 7) is 7.03. The van der Waals surface area contributed by atoms with E-state index in [1.54, 1.807) is 0 Å². The zero-order chi connectivity index (χ0) is 18.2. The van der Waals surface area contributed by atoms with E-state index < -0.39 is 0 Å². The Morgan fingerprint density at radius 1 is 1.32 bits per heavy atom. The molecule has 0 aliphatic heterocycles. The molecule has 1 atom stereocenters. The van der Waals surface area contributed by atoms with Gasteiger partial charge in [0.05, 0.1) is 28.3 Å². The van der Waals surface area contributed by atoms with Crippen molar-refractivity contribution in [3.8, 4) is 5.88 Å². The van der Waals surface area contributed by atoms with Gasteiger partial charge < -0.3 is 9.64 Å². The summed E-state index contributed by atoms with van der Waals surface area (Å²) in [7, 11) is 1.99. The third-order valence-corrected chi connectivity index (χ3v) is 4.56. The largest absolute Gasteiger partial charge is 0.474 e. The molecule has 2 aromatic rings. The number of aliphatic imine (C=N–C) groups is 1. The minimum atomic E-state index is 0.0870. The number of nitrogens with zero attached hydrogens (tertiary/aromatic N) is 3. The average molecular weight is 404 g/mol. The van der Waals surface area contributed by atoms with Gasteiger partial charge in [-0.25, -0.2) is 9.98 Å². The number of halogens is 1. The Kier molecular flexibility index (Phi) is 7.44. The standard InChI is InChI=1S/C20H26BrN3O/c1-5-24(4)14-22-19-13-18(21)20(23-16(19)3)25-15(2)11-12-17-9-7-6-8-10-17/h6-10,13-15H,5,11-12H2,1-4H3. The van der Waals surface area contributed by atoms with Gasteiger partial charge in [-0.2, -0.15) is 0 Å². The maximum absolute atomic E-state index is 6.03. The molecule has 2 rings (SSSR count). The van der Waals surface area contributed by atoms with E-state index in [0.717, 1.165) is 35.2 Å². The van der Waals surface area contributed by atoms with Crippen molar-refractivity contribution in [3.05, 3.63) is 52.1 Å². The van der Waals surface area contributed by atoms with Crippen LogP contribution in [-0.2, 0) is 6.42 Å². The van der Waals surface area contributed by atoms with Crippen molar-refractivity contribution in [1.82, 2.24) is 9.88 Å². The fourth-order valence-electron chi connectivity index (χ4n) is 2.27. The van der Waals surface area contributed by atoms with Gasteiger partial charge in [-0.05, 0) is 61.2 Å². The summed E-state index contributed by atoms with van der Waals surface area (Å²) in [4.78, 5) is 11.1. The lowest BCUT2D eigenvalue weighted by molar-refractivity contribution is 0.201. The van der Waals surface area contributed by atoms with Crippen LogP contribution in [0.1, 0.15) is 31.5 Å². The molecule has 0 radical (unpaired) electrons. The van der Waals surface area contributed by atoms with E-state index in [2.05, 4.69) is 64.0 Å². The molecule has 0 aliphatic rings. The third-order valence-electron chi connectivity index (χ3n) is 4.00. The third kappa shape index (κ3) is 6.16. The van der Waals surface area contributed by atoms with Crippen molar-refractivity contribution in [2.75, 3.05) is 13.6 Å². The molecule has 0 spiro atoms. The highest BCUT2D eigenvalue weighted by Crippen LogP contribution is 2.30. The van der Waals surface area contributed by atoms with Crippen LogP contribution in [0, 0.1) is 6.92 Å². The van der Waals surface area contributed by atoms with Gasteiger partial charge in [0.15, 0.2) is 0 Å². The van der Waals surface area contributed by atoms with Gasteiger partial charge >= 0.3 is 0 Å². The van der Waals surface area contributed by atoms with Gasteiger partial charge in [0.1, 0.15) is 0 Å². The molecule has 134 valence electrons. The molecular weight excluding hydrogens is 378 g/mol. The fraction of sp³-hybridized carbons (Fsp3) is 0.400. The second-order valence-corrected chi connectivity index (χ2v) is 7.00. The summed E-state index contributed by atoms with van der Waals surface area (Å²) in [6.07, 6.45) is 3.84. The molecule has 0 fully saturated rings. The number of hydrogen-bond donors (Lipinski definition) is 0. The molecule has 0 saturated heterocycles. The lowest BCUT2D eigenvalue weighted by atomic mass is 10.1. The maximum Gasteiger partial charge on any atom is 0.228 e. The van der Waals surface area contributed by atoms with Gasteiger partial charge in [0.25, 0.3) is 0 Å². The van der Waals surface area contributed by atoms with Crippen molar-refractivity contribution < 1.29 is 4.74 Å². The van der Waals surface area contributed by atoms with Crippen LogP contribution in [0.4, 0.5) is 5.69 Å². The van der Waals surface area contributed by atoms with Gasteiger partial charge in [0, 0.05) is 13.6 Å². The maximum atomic E-state index is 6.03. The highest BCUT2D eigenvalue weighted by atomic mass is 79.9. The highest BCUT2D eigenvalue weighted by Gasteiger charge is 2.12. The number of aromatic nitrogens is 1. The lowest BCUT2D eigenvalue weighted by Crippen LogP contribution is -2.15. The van der Waals surface area contributed by atoms with E-state index >= 15 is 0 Å². The summed E-state index contributed by atoms with van der Waals surface area (Å²) < 4.78 is 6.86. The van der Waals surface area contributed by atoms with Gasteiger partial charge in [0.2, 0.25) is 5.88 Å². The van der Waals surface area contributed by atoms with Crippen LogP contribution >= 0.6 is 15.9 Å². The smallest absolute Gasteiger partial charge is 0.228 e. The molecule has 4 nitrogen and oxygen atoms in total. The van der Waals surface area contributed by atoms with Crippen molar-refractivity contribution in [2.45, 2.75) is 39.7 Å². The first kappa shape index (κ1) is 19.4. The first-order chi connectivity index (χ1) is 12.0. The van der Waals surface area contributed by atoms with Gasteiger partial charge in [-0.3, -0.25) is 0 Å². The second kappa shape index (κ2) is 9.56. The van der Waals surface area contributed by atoms with Crippen LogP contribution in [0.5, 0.6) is 5.88 Å². The summed E-state index contributed by atoms with van der Waals surface area (Å²) in [6, 6.07) is 12.4. The SMILES string of the molecule is CCN(C)C=Nc1cc(Br)c(OC(C)CCc2ccccc2)nc1C. The van der Waals surface area contributed by atoms with Crippen LogP contribution in [0.15, 0.2) is 45.9 Å². The highest BCUT2D eigenvalue weighted by molar-refractivity contribution is 9.10. The molecule has 1 aromatic carbocycles. The van der Waals surface area contributed by atoms with E-state index in [9.17, 15) is 0 Å². The van der Waals surface area contributed by atoms with Gasteiger partial charge in [-0.1, -0.05) is 30.3 Å². The normalized spacial score (nSPS) is 12.4. The Bertz CT molecular complexity index is 704. The van der Waals surface area contributed by atoms with Crippen LogP contribution in [0.2, 0.25) is 0 Å². The zero-order valence-electron chi connectivity index (χ0n) is 15.4. The van der Waals surface area contributed by atoms with E-state index in [-0.39, 0.29) is 6.10 Å². The molecule has 1 heterocycles. The fourth-order valence-corrected chi connectivity index (χ4v) is 2.67. The second-order valence-electron chi connectivity index (χ2n) is 6.15. The predicted octanol–water partition coefficient (Wildman–Crippen LogP) is 5.16. The minimum absolute atomic E-state index is 0.0870. The summed E-state index contributed by atoms with van der Waals surface area (Å²) in [5.41, 5.74) is 3.02. The van der Waals surface area contributed by atoms with Crippen molar-refractivity contribution in [2.24, 2.45) is 4.99 Å². The van der Waals surface area contributed by atoms with Gasteiger partial charge in [-0.15, -0.1) is 0 Å². The molecule has 0 aliphatic carbocycles. The van der Waals surface area contributed by atoms with E-state index in [4.69, 9.17) is 4.74 Å².